The highest BCUT2D eigenvalue weighted by Gasteiger charge is 2.46. The maximum Gasteiger partial charge on any atom is 0.348 e. The molecule has 1 aromatic heterocycles. The highest BCUT2D eigenvalue weighted by Crippen LogP contribution is 2.47. The summed E-state index contributed by atoms with van der Waals surface area (Å²) in [6, 6.07) is 17.1. The van der Waals surface area contributed by atoms with Crippen molar-refractivity contribution in [1.82, 2.24) is 14.8 Å². The Morgan fingerprint density at radius 1 is 1.19 bits per heavy atom. The van der Waals surface area contributed by atoms with Crippen molar-refractivity contribution in [3.8, 4) is 5.69 Å². The van der Waals surface area contributed by atoms with Crippen LogP contribution >= 0.6 is 0 Å². The molecule has 188 valence electrons. The molecule has 0 aliphatic heterocycles. The van der Waals surface area contributed by atoms with E-state index in [2.05, 4.69) is 17.1 Å². The van der Waals surface area contributed by atoms with Crippen LogP contribution < -0.4 is 11.4 Å². The smallest absolute Gasteiger partial charge is 0.348 e. The Bertz CT molecular complexity index is 1370. The number of hydrogen-bond acceptors (Lipinski definition) is 5. The number of para-hydroxylation sites is 1. The van der Waals surface area contributed by atoms with E-state index in [4.69, 9.17) is 10.5 Å². The van der Waals surface area contributed by atoms with Crippen LogP contribution in [0, 0.1) is 12.3 Å². The Morgan fingerprint density at radius 3 is 2.56 bits per heavy atom. The zero-order valence-electron chi connectivity index (χ0n) is 20.8. The molecule has 0 fully saturated rings. The van der Waals surface area contributed by atoms with Gasteiger partial charge in [0.05, 0.1) is 22.8 Å². The molecular formula is C28H32N4O4. The lowest BCUT2D eigenvalue weighted by atomic mass is 9.70. The normalized spacial score (nSPS) is 19.8. The highest BCUT2D eigenvalue weighted by atomic mass is 16.5. The number of primary amides is 1. The summed E-state index contributed by atoms with van der Waals surface area (Å²) < 4.78 is 7.89. The van der Waals surface area contributed by atoms with Gasteiger partial charge in [0.1, 0.15) is 12.4 Å². The van der Waals surface area contributed by atoms with Gasteiger partial charge in [0.25, 0.3) is 0 Å². The van der Waals surface area contributed by atoms with Crippen LogP contribution in [0.25, 0.3) is 11.3 Å². The molecule has 4 N–H and O–H groups in total. The largest absolute Gasteiger partial charge is 0.492 e. The molecule has 1 heterocycles. The Morgan fingerprint density at radius 2 is 1.89 bits per heavy atom. The Kier molecular flexibility index (Phi) is 7.26. The molecule has 36 heavy (non-hydrogen) atoms. The number of aromatic nitrogens is 3. The van der Waals surface area contributed by atoms with Crippen LogP contribution in [0.15, 0.2) is 76.8 Å². The van der Waals surface area contributed by atoms with Crippen LogP contribution in [0.4, 0.5) is 0 Å². The first-order valence-electron chi connectivity index (χ1n) is 12.1. The number of unbranched alkanes of at least 4 members (excludes halogenated alkanes) is 1. The Labute approximate surface area is 210 Å². The van der Waals surface area contributed by atoms with Gasteiger partial charge in [-0.05, 0) is 43.5 Å². The van der Waals surface area contributed by atoms with E-state index in [0.29, 0.717) is 23.4 Å². The van der Waals surface area contributed by atoms with Gasteiger partial charge in [0.2, 0.25) is 5.91 Å². The number of aliphatic hydroxyl groups is 1. The lowest BCUT2D eigenvalue weighted by Gasteiger charge is -2.40. The van der Waals surface area contributed by atoms with Crippen molar-refractivity contribution >= 4 is 11.5 Å². The third-order valence-electron chi connectivity index (χ3n) is 6.79. The van der Waals surface area contributed by atoms with E-state index in [9.17, 15) is 14.7 Å². The standard InChI is InChI=1S/C28H32N4O4/c1-4-5-15-28(3)23(33)20(25(29)34)16-21(24(28)36-17-19-12-7-6-8-13-19)26-30-31-27(35)32(26)22-14-10-9-11-18(22)2/h6-14,16,23,33H,4-5,15,17H2,1-3H3,(H2,29,34)(H,31,35). The molecule has 3 aromatic rings. The third kappa shape index (κ3) is 4.64. The van der Waals surface area contributed by atoms with Gasteiger partial charge in [-0.15, -0.1) is 0 Å². The maximum absolute atomic E-state index is 13.0. The lowest BCUT2D eigenvalue weighted by molar-refractivity contribution is -0.116. The van der Waals surface area contributed by atoms with Crippen molar-refractivity contribution in [2.45, 2.75) is 52.7 Å². The van der Waals surface area contributed by atoms with Gasteiger partial charge >= 0.3 is 5.69 Å². The van der Waals surface area contributed by atoms with Gasteiger partial charge < -0.3 is 15.6 Å². The number of rotatable bonds is 9. The van der Waals surface area contributed by atoms with E-state index in [-0.39, 0.29) is 18.0 Å². The number of carbonyl (C=O) groups excluding carboxylic acids is 1. The minimum atomic E-state index is -1.17. The zero-order chi connectivity index (χ0) is 25.9. The summed E-state index contributed by atoms with van der Waals surface area (Å²) in [4.78, 5) is 25.4. The number of aromatic amines is 1. The molecule has 2 unspecified atom stereocenters. The number of H-pyrrole nitrogens is 1. The van der Waals surface area contributed by atoms with Crippen LogP contribution in [-0.4, -0.2) is 31.9 Å². The fourth-order valence-corrected chi connectivity index (χ4v) is 4.73. The number of ether oxygens (including phenoxy) is 1. The van der Waals surface area contributed by atoms with E-state index >= 15 is 0 Å². The Hall–Kier alpha value is -3.91. The van der Waals surface area contributed by atoms with Crippen LogP contribution in [0.5, 0.6) is 0 Å². The topological polar surface area (TPSA) is 123 Å². The molecule has 4 rings (SSSR count). The first-order chi connectivity index (χ1) is 17.3. The second-order valence-electron chi connectivity index (χ2n) is 9.38. The molecule has 2 atom stereocenters. The fourth-order valence-electron chi connectivity index (χ4n) is 4.73. The molecule has 0 spiro atoms. The van der Waals surface area contributed by atoms with E-state index in [1.54, 1.807) is 0 Å². The van der Waals surface area contributed by atoms with E-state index in [1.165, 1.54) is 10.6 Å². The summed E-state index contributed by atoms with van der Waals surface area (Å²) in [6.07, 6.45) is 2.55. The van der Waals surface area contributed by atoms with E-state index in [1.807, 2.05) is 68.4 Å². The summed E-state index contributed by atoms with van der Waals surface area (Å²) in [7, 11) is 0. The average Bonchev–Trinajstić information content (AvgIpc) is 3.25. The molecule has 1 aliphatic rings. The highest BCUT2D eigenvalue weighted by molar-refractivity contribution is 5.97. The van der Waals surface area contributed by atoms with Crippen LogP contribution in [0.1, 0.15) is 50.1 Å². The monoisotopic (exact) mass is 488 g/mol. The van der Waals surface area contributed by atoms with E-state index < -0.39 is 23.1 Å². The molecule has 0 radical (unpaired) electrons. The van der Waals surface area contributed by atoms with Gasteiger partial charge in [-0.2, -0.15) is 5.10 Å². The number of hydrogen-bond donors (Lipinski definition) is 3. The van der Waals surface area contributed by atoms with Gasteiger partial charge in [-0.25, -0.2) is 14.5 Å². The first kappa shape index (κ1) is 25.2. The molecule has 1 aliphatic carbocycles. The summed E-state index contributed by atoms with van der Waals surface area (Å²) in [6.45, 7) is 6.07. The van der Waals surface area contributed by atoms with E-state index in [0.717, 1.165) is 24.0 Å². The second kappa shape index (κ2) is 10.4. The van der Waals surface area contributed by atoms with Crippen molar-refractivity contribution in [2.75, 3.05) is 0 Å². The van der Waals surface area contributed by atoms with Crippen molar-refractivity contribution in [3.63, 3.8) is 0 Å². The number of carbonyl (C=O) groups is 1. The van der Waals surface area contributed by atoms with Crippen LogP contribution in [0.2, 0.25) is 0 Å². The van der Waals surface area contributed by atoms with Crippen LogP contribution in [0.3, 0.4) is 0 Å². The van der Waals surface area contributed by atoms with Crippen LogP contribution in [-0.2, 0) is 16.1 Å². The third-order valence-corrected chi connectivity index (χ3v) is 6.79. The van der Waals surface area contributed by atoms with Gasteiger partial charge in [-0.1, -0.05) is 68.3 Å². The number of nitrogens with one attached hydrogen (secondary N) is 1. The summed E-state index contributed by atoms with van der Waals surface area (Å²) in [5.74, 6) is 0.0158. The summed E-state index contributed by atoms with van der Waals surface area (Å²) >= 11 is 0. The number of nitrogens with two attached hydrogens (primary N) is 1. The van der Waals surface area contributed by atoms with Crippen molar-refractivity contribution in [3.05, 3.63) is 99.4 Å². The number of nitrogens with zero attached hydrogens (tertiary/aromatic N) is 2. The number of allylic oxidation sites excluding steroid dienone is 2. The minimum absolute atomic E-state index is 0.0578. The van der Waals surface area contributed by atoms with Crippen molar-refractivity contribution < 1.29 is 14.6 Å². The molecule has 8 nitrogen and oxygen atoms in total. The van der Waals surface area contributed by atoms with Crippen molar-refractivity contribution in [2.24, 2.45) is 11.1 Å². The number of benzene rings is 2. The molecular weight excluding hydrogens is 456 g/mol. The molecule has 1 amide bonds. The number of aryl methyl sites for hydroxylation is 1. The van der Waals surface area contributed by atoms with Gasteiger partial charge in [0.15, 0.2) is 5.82 Å². The number of aliphatic hydroxyl groups excluding tert-OH is 1. The first-order valence-corrected chi connectivity index (χ1v) is 12.1. The van der Waals surface area contributed by atoms with Crippen molar-refractivity contribution in [1.29, 1.82) is 0 Å². The second-order valence-corrected chi connectivity index (χ2v) is 9.38. The number of amides is 1. The molecule has 0 saturated heterocycles. The van der Waals surface area contributed by atoms with Gasteiger partial charge in [0, 0.05) is 5.57 Å². The average molecular weight is 489 g/mol. The maximum atomic E-state index is 13.0. The molecule has 0 bridgehead atoms. The quantitative estimate of drug-likeness (QED) is 0.423. The van der Waals surface area contributed by atoms with Gasteiger partial charge in [-0.3, -0.25) is 4.79 Å². The summed E-state index contributed by atoms with van der Waals surface area (Å²) in [5, 5.41) is 18.2. The fraction of sp³-hybridized carbons (Fsp3) is 0.321. The molecule has 8 heteroatoms. The Balaban J connectivity index is 1.97. The lowest BCUT2D eigenvalue weighted by Crippen LogP contribution is -2.43. The molecule has 0 saturated carbocycles. The minimum Gasteiger partial charge on any atom is -0.492 e. The molecule has 2 aromatic carbocycles. The zero-order valence-corrected chi connectivity index (χ0v) is 20.8. The summed E-state index contributed by atoms with van der Waals surface area (Å²) in [5.41, 5.74) is 7.28. The predicted octanol–water partition coefficient (Wildman–Crippen LogP) is 3.78. The SMILES string of the molecule is CCCCC1(C)C(OCc2ccccc2)=C(c2n[nH]c(=O)n2-c2ccccc2C)C=C(C(N)=O)C1O. The predicted molar refractivity (Wildman–Crippen MR) is 138 cm³/mol.